The predicted molar refractivity (Wildman–Crippen MR) is 98.0 cm³/mol. The molecule has 0 saturated carbocycles. The third-order valence-electron chi connectivity index (χ3n) is 4.78. The van der Waals surface area contributed by atoms with Crippen LogP contribution in [0.5, 0.6) is 5.75 Å². The van der Waals surface area contributed by atoms with Crippen LogP contribution in [0.4, 0.5) is 13.2 Å². The second-order valence-electron chi connectivity index (χ2n) is 6.48. The van der Waals surface area contributed by atoms with Crippen LogP contribution < -0.4 is 5.32 Å². The Bertz CT molecular complexity index is 1140. The number of carbonyl (C=O) groups is 2. The van der Waals surface area contributed by atoms with Gasteiger partial charge >= 0.3 is 0 Å². The Morgan fingerprint density at radius 3 is 2.45 bits per heavy atom. The lowest BCUT2D eigenvalue weighted by atomic mass is 9.96. The van der Waals surface area contributed by atoms with E-state index in [1.54, 1.807) is 0 Å². The van der Waals surface area contributed by atoms with Crippen molar-refractivity contribution in [3.8, 4) is 5.75 Å². The SMILES string of the molecule is Cc1c([C@H](C)C(=O)NCO)c2c(F)c(O)ccc2n1C(=O)c1ccc(F)c(F)c1. The minimum absolute atomic E-state index is 0.0474. The lowest BCUT2D eigenvalue weighted by Crippen LogP contribution is -2.29. The van der Waals surface area contributed by atoms with Crippen LogP contribution in [0.25, 0.3) is 10.9 Å². The molecular formula is C20H17F3N2O4. The zero-order valence-electron chi connectivity index (χ0n) is 15.5. The van der Waals surface area contributed by atoms with Crippen LogP contribution in [0, 0.1) is 24.4 Å². The first-order valence-electron chi connectivity index (χ1n) is 8.59. The van der Waals surface area contributed by atoms with Gasteiger partial charge in [-0.3, -0.25) is 14.2 Å². The maximum Gasteiger partial charge on any atom is 0.262 e. The number of aromatic hydroxyl groups is 1. The highest BCUT2D eigenvalue weighted by Gasteiger charge is 2.29. The predicted octanol–water partition coefficient (Wildman–Crippen LogP) is 2.93. The molecule has 1 aromatic heterocycles. The molecule has 0 aliphatic rings. The van der Waals surface area contributed by atoms with Crippen LogP contribution in [-0.4, -0.2) is 33.3 Å². The summed E-state index contributed by atoms with van der Waals surface area (Å²) in [7, 11) is 0. The van der Waals surface area contributed by atoms with E-state index in [4.69, 9.17) is 5.11 Å². The van der Waals surface area contributed by atoms with E-state index < -0.39 is 47.7 Å². The summed E-state index contributed by atoms with van der Waals surface area (Å²) in [4.78, 5) is 25.2. The van der Waals surface area contributed by atoms with E-state index in [2.05, 4.69) is 5.32 Å². The largest absolute Gasteiger partial charge is 0.505 e. The average molecular weight is 406 g/mol. The van der Waals surface area contributed by atoms with Crippen LogP contribution >= 0.6 is 0 Å². The lowest BCUT2D eigenvalue weighted by Gasteiger charge is -2.13. The number of fused-ring (bicyclic) bond motifs is 1. The first-order chi connectivity index (χ1) is 13.7. The van der Waals surface area contributed by atoms with Crippen LogP contribution in [-0.2, 0) is 4.79 Å². The van der Waals surface area contributed by atoms with Gasteiger partial charge in [0.05, 0.1) is 11.4 Å². The highest BCUT2D eigenvalue weighted by molar-refractivity contribution is 6.05. The Labute approximate surface area is 163 Å². The quantitative estimate of drug-likeness (QED) is 0.581. The number of phenols is 1. The molecule has 9 heteroatoms. The molecule has 0 aliphatic carbocycles. The first kappa shape index (κ1) is 20.4. The molecule has 0 unspecified atom stereocenters. The molecule has 0 fully saturated rings. The number of aliphatic hydroxyl groups excluding tert-OH is 1. The number of aromatic nitrogens is 1. The molecule has 1 atom stereocenters. The number of rotatable bonds is 4. The molecule has 3 aromatic rings. The van der Waals surface area contributed by atoms with Crippen molar-refractivity contribution in [3.05, 3.63) is 64.6 Å². The summed E-state index contributed by atoms with van der Waals surface area (Å²) in [5.41, 5.74) is 0.165. The van der Waals surface area contributed by atoms with Crippen LogP contribution in [0.15, 0.2) is 30.3 Å². The smallest absolute Gasteiger partial charge is 0.262 e. The molecule has 1 amide bonds. The van der Waals surface area contributed by atoms with Gasteiger partial charge in [0.1, 0.15) is 6.73 Å². The van der Waals surface area contributed by atoms with Gasteiger partial charge in [-0.1, -0.05) is 0 Å². The molecule has 0 saturated heterocycles. The van der Waals surface area contributed by atoms with Gasteiger partial charge in [-0.2, -0.15) is 0 Å². The van der Waals surface area contributed by atoms with Crippen molar-refractivity contribution in [1.82, 2.24) is 9.88 Å². The summed E-state index contributed by atoms with van der Waals surface area (Å²) < 4.78 is 42.7. The van der Waals surface area contributed by atoms with E-state index >= 15 is 0 Å². The Balaban J connectivity index is 2.29. The van der Waals surface area contributed by atoms with Crippen LogP contribution in [0.1, 0.15) is 34.5 Å². The number of nitrogens with one attached hydrogen (secondary N) is 1. The van der Waals surface area contributed by atoms with Crippen LogP contribution in [0.2, 0.25) is 0 Å². The highest BCUT2D eigenvalue weighted by Crippen LogP contribution is 2.37. The molecule has 3 rings (SSSR count). The van der Waals surface area contributed by atoms with Gasteiger partial charge in [0, 0.05) is 16.6 Å². The number of carbonyl (C=O) groups excluding carboxylic acids is 2. The zero-order valence-corrected chi connectivity index (χ0v) is 15.5. The summed E-state index contributed by atoms with van der Waals surface area (Å²) in [6.07, 6.45) is 0. The third kappa shape index (κ3) is 3.33. The van der Waals surface area contributed by atoms with Crippen molar-refractivity contribution < 1.29 is 33.0 Å². The molecule has 0 spiro atoms. The lowest BCUT2D eigenvalue weighted by molar-refractivity contribution is -0.123. The Hall–Kier alpha value is -3.33. The molecule has 0 aliphatic heterocycles. The van der Waals surface area contributed by atoms with Crippen molar-refractivity contribution in [3.63, 3.8) is 0 Å². The number of aliphatic hydroxyl groups is 1. The van der Waals surface area contributed by atoms with E-state index in [0.717, 1.165) is 28.8 Å². The fourth-order valence-electron chi connectivity index (χ4n) is 3.39. The zero-order chi connectivity index (χ0) is 21.5. The number of hydrogen-bond acceptors (Lipinski definition) is 4. The first-order valence-corrected chi connectivity index (χ1v) is 8.59. The average Bonchev–Trinajstić information content (AvgIpc) is 2.98. The molecule has 29 heavy (non-hydrogen) atoms. The number of phenolic OH excluding ortho intramolecular Hbond substituents is 1. The van der Waals surface area contributed by atoms with E-state index in [9.17, 15) is 27.9 Å². The number of nitrogens with zero attached hydrogens (tertiary/aromatic N) is 1. The Kier molecular flexibility index (Phi) is 5.34. The fourth-order valence-corrected chi connectivity index (χ4v) is 3.39. The molecule has 0 bridgehead atoms. The summed E-state index contributed by atoms with van der Waals surface area (Å²) >= 11 is 0. The van der Waals surface area contributed by atoms with Gasteiger partial charge in [0.2, 0.25) is 5.91 Å². The minimum Gasteiger partial charge on any atom is -0.505 e. The van der Waals surface area contributed by atoms with Gasteiger partial charge in [0.25, 0.3) is 5.91 Å². The van der Waals surface area contributed by atoms with Crippen molar-refractivity contribution in [2.75, 3.05) is 6.73 Å². The maximum atomic E-state index is 14.8. The highest BCUT2D eigenvalue weighted by atomic mass is 19.2. The molecule has 2 aromatic carbocycles. The van der Waals surface area contributed by atoms with E-state index in [1.807, 2.05) is 0 Å². The molecule has 0 radical (unpaired) electrons. The number of hydrogen-bond donors (Lipinski definition) is 3. The molecule has 3 N–H and O–H groups in total. The van der Waals surface area contributed by atoms with Crippen molar-refractivity contribution in [1.29, 1.82) is 0 Å². The van der Waals surface area contributed by atoms with E-state index in [0.29, 0.717) is 0 Å². The van der Waals surface area contributed by atoms with Crippen molar-refractivity contribution in [2.24, 2.45) is 0 Å². The summed E-state index contributed by atoms with van der Waals surface area (Å²) in [6.45, 7) is 2.28. The summed E-state index contributed by atoms with van der Waals surface area (Å²) in [6, 6.07) is 4.95. The van der Waals surface area contributed by atoms with Crippen molar-refractivity contribution in [2.45, 2.75) is 19.8 Å². The molecule has 152 valence electrons. The molecule has 6 nitrogen and oxygen atoms in total. The summed E-state index contributed by atoms with van der Waals surface area (Å²) in [5.74, 6) is -6.42. The molecule has 1 heterocycles. The maximum absolute atomic E-state index is 14.8. The van der Waals surface area contributed by atoms with E-state index in [-0.39, 0.29) is 27.7 Å². The Morgan fingerprint density at radius 1 is 1.14 bits per heavy atom. The second-order valence-corrected chi connectivity index (χ2v) is 6.48. The van der Waals surface area contributed by atoms with Gasteiger partial charge in [0.15, 0.2) is 23.2 Å². The number of amides is 1. The topological polar surface area (TPSA) is 91.6 Å². The van der Waals surface area contributed by atoms with Crippen LogP contribution in [0.3, 0.4) is 0 Å². The number of benzene rings is 2. The van der Waals surface area contributed by atoms with Gasteiger partial charge in [-0.15, -0.1) is 0 Å². The van der Waals surface area contributed by atoms with Gasteiger partial charge < -0.3 is 15.5 Å². The number of halogens is 3. The van der Waals surface area contributed by atoms with Crippen molar-refractivity contribution >= 4 is 22.7 Å². The summed E-state index contributed by atoms with van der Waals surface area (Å²) in [5, 5.41) is 20.8. The normalized spacial score (nSPS) is 12.2. The third-order valence-corrected chi connectivity index (χ3v) is 4.78. The van der Waals surface area contributed by atoms with Gasteiger partial charge in [-0.05, 0) is 49.7 Å². The van der Waals surface area contributed by atoms with E-state index in [1.165, 1.54) is 19.9 Å². The standard InChI is InChI=1S/C20H17F3N2O4/c1-9(19(28)24-8-26)16-10(2)25(14-5-6-15(27)18(23)17(14)16)20(29)11-3-4-12(21)13(22)7-11/h3-7,9,26-27H,8H2,1-2H3,(H,24,28)/t9-/m0/s1. The monoisotopic (exact) mass is 406 g/mol. The minimum atomic E-state index is -1.22. The molecular weight excluding hydrogens is 389 g/mol. The fraction of sp³-hybridized carbons (Fsp3) is 0.200. The Morgan fingerprint density at radius 2 is 1.83 bits per heavy atom. The second kappa shape index (κ2) is 7.59. The van der Waals surface area contributed by atoms with Gasteiger partial charge in [-0.25, -0.2) is 13.2 Å².